The summed E-state index contributed by atoms with van der Waals surface area (Å²) >= 11 is 0. The first kappa shape index (κ1) is 14.5. The summed E-state index contributed by atoms with van der Waals surface area (Å²) in [5.41, 5.74) is 0.990. The summed E-state index contributed by atoms with van der Waals surface area (Å²) in [5, 5.41) is 3.53. The number of rotatable bonds is 2. The molecular formula is C16H25FN2. The standard InChI is InChI=1S/C16H25FN2/c1-12-10-19(15(9-18-12)16(2,3)4)11-13-7-5-6-8-14(13)17/h5-8,12,15,18H,9-11H2,1-4H3. The van der Waals surface area contributed by atoms with Gasteiger partial charge in [-0.2, -0.15) is 0 Å². The largest absolute Gasteiger partial charge is 0.311 e. The Morgan fingerprint density at radius 1 is 1.32 bits per heavy atom. The number of nitrogens with zero attached hydrogens (tertiary/aromatic N) is 1. The zero-order valence-corrected chi connectivity index (χ0v) is 12.4. The topological polar surface area (TPSA) is 15.3 Å². The molecule has 0 aliphatic carbocycles. The molecule has 19 heavy (non-hydrogen) atoms. The second-order valence-corrected chi connectivity index (χ2v) is 6.71. The first-order valence-corrected chi connectivity index (χ1v) is 7.09. The van der Waals surface area contributed by atoms with E-state index in [4.69, 9.17) is 0 Å². The molecule has 0 bridgehead atoms. The second kappa shape index (κ2) is 5.59. The van der Waals surface area contributed by atoms with E-state index in [1.165, 1.54) is 0 Å². The molecule has 0 amide bonds. The van der Waals surface area contributed by atoms with Crippen molar-refractivity contribution in [3.05, 3.63) is 35.6 Å². The molecule has 3 heteroatoms. The molecule has 0 spiro atoms. The number of hydrogen-bond acceptors (Lipinski definition) is 2. The molecule has 2 unspecified atom stereocenters. The SMILES string of the molecule is CC1CN(Cc2ccccc2F)C(C(C)(C)C)CN1. The first-order chi connectivity index (χ1) is 8.88. The molecule has 1 N–H and O–H groups in total. The van der Waals surface area contributed by atoms with Gasteiger partial charge in [0.05, 0.1) is 0 Å². The lowest BCUT2D eigenvalue weighted by Gasteiger charge is -2.46. The van der Waals surface area contributed by atoms with Crippen LogP contribution < -0.4 is 5.32 Å². The average Bonchev–Trinajstić information content (AvgIpc) is 2.30. The Labute approximate surface area is 116 Å². The summed E-state index contributed by atoms with van der Waals surface area (Å²) in [7, 11) is 0. The van der Waals surface area contributed by atoms with E-state index in [2.05, 4.69) is 37.9 Å². The summed E-state index contributed by atoms with van der Waals surface area (Å²) in [6.45, 7) is 11.6. The lowest BCUT2D eigenvalue weighted by atomic mass is 9.83. The molecule has 1 aromatic carbocycles. The van der Waals surface area contributed by atoms with Gasteiger partial charge in [0.2, 0.25) is 0 Å². The van der Waals surface area contributed by atoms with Gasteiger partial charge in [-0.25, -0.2) is 4.39 Å². The molecule has 2 atom stereocenters. The van der Waals surface area contributed by atoms with Crippen molar-refractivity contribution < 1.29 is 4.39 Å². The van der Waals surface area contributed by atoms with E-state index in [1.54, 1.807) is 12.1 Å². The van der Waals surface area contributed by atoms with Crippen molar-refractivity contribution >= 4 is 0 Å². The van der Waals surface area contributed by atoms with E-state index >= 15 is 0 Å². The van der Waals surface area contributed by atoms with E-state index in [9.17, 15) is 4.39 Å². The first-order valence-electron chi connectivity index (χ1n) is 7.09. The van der Waals surface area contributed by atoms with Crippen LogP contribution in [0, 0.1) is 11.2 Å². The highest BCUT2D eigenvalue weighted by Crippen LogP contribution is 2.28. The Hall–Kier alpha value is -0.930. The highest BCUT2D eigenvalue weighted by atomic mass is 19.1. The summed E-state index contributed by atoms with van der Waals surface area (Å²) in [5.74, 6) is -0.0960. The molecule has 2 nitrogen and oxygen atoms in total. The van der Waals surface area contributed by atoms with E-state index in [0.29, 0.717) is 18.6 Å². The normalized spacial score (nSPS) is 25.5. The van der Waals surface area contributed by atoms with E-state index in [-0.39, 0.29) is 11.2 Å². The summed E-state index contributed by atoms with van der Waals surface area (Å²) in [6, 6.07) is 8.00. The minimum atomic E-state index is -0.0960. The van der Waals surface area contributed by atoms with Gasteiger partial charge in [-0.3, -0.25) is 4.90 Å². The molecule has 2 rings (SSSR count). The maximum Gasteiger partial charge on any atom is 0.127 e. The van der Waals surface area contributed by atoms with Crippen LogP contribution in [0.3, 0.4) is 0 Å². The van der Waals surface area contributed by atoms with Crippen LogP contribution in [0.15, 0.2) is 24.3 Å². The van der Waals surface area contributed by atoms with Gasteiger partial charge in [0.15, 0.2) is 0 Å². The minimum absolute atomic E-state index is 0.0960. The zero-order chi connectivity index (χ0) is 14.0. The lowest BCUT2D eigenvalue weighted by molar-refractivity contribution is 0.0518. The third-order valence-corrected chi connectivity index (χ3v) is 3.94. The molecule has 0 aromatic heterocycles. The molecule has 1 aliphatic heterocycles. The van der Waals surface area contributed by atoms with Crippen LogP contribution in [0.5, 0.6) is 0 Å². The maximum absolute atomic E-state index is 13.8. The predicted octanol–water partition coefficient (Wildman–Crippen LogP) is 3.03. The number of halogens is 1. The smallest absolute Gasteiger partial charge is 0.127 e. The predicted molar refractivity (Wildman–Crippen MR) is 77.5 cm³/mol. The number of benzene rings is 1. The summed E-state index contributed by atoms with van der Waals surface area (Å²) in [6.07, 6.45) is 0. The molecule has 0 saturated carbocycles. The van der Waals surface area contributed by atoms with Crippen LogP contribution in [-0.2, 0) is 6.54 Å². The van der Waals surface area contributed by atoms with Crippen molar-refractivity contribution in [1.82, 2.24) is 10.2 Å². The highest BCUT2D eigenvalue weighted by molar-refractivity contribution is 5.17. The summed E-state index contributed by atoms with van der Waals surface area (Å²) in [4.78, 5) is 2.42. The van der Waals surface area contributed by atoms with Crippen LogP contribution in [0.1, 0.15) is 33.3 Å². The van der Waals surface area contributed by atoms with E-state index in [0.717, 1.165) is 18.7 Å². The Morgan fingerprint density at radius 2 is 2.00 bits per heavy atom. The Morgan fingerprint density at radius 3 is 2.63 bits per heavy atom. The van der Waals surface area contributed by atoms with Gasteiger partial charge in [0.25, 0.3) is 0 Å². The second-order valence-electron chi connectivity index (χ2n) is 6.71. The van der Waals surface area contributed by atoms with Crippen molar-refractivity contribution in [1.29, 1.82) is 0 Å². The molecule has 0 radical (unpaired) electrons. The molecule has 1 saturated heterocycles. The van der Waals surface area contributed by atoms with Crippen LogP contribution >= 0.6 is 0 Å². The summed E-state index contributed by atoms with van der Waals surface area (Å²) < 4.78 is 13.8. The fourth-order valence-electron chi connectivity index (χ4n) is 2.86. The van der Waals surface area contributed by atoms with Gasteiger partial charge >= 0.3 is 0 Å². The number of nitrogens with one attached hydrogen (secondary N) is 1. The molecule has 1 heterocycles. The van der Waals surface area contributed by atoms with Crippen LogP contribution in [0.25, 0.3) is 0 Å². The lowest BCUT2D eigenvalue weighted by Crippen LogP contribution is -2.59. The average molecular weight is 264 g/mol. The van der Waals surface area contributed by atoms with Gasteiger partial charge < -0.3 is 5.32 Å². The van der Waals surface area contributed by atoms with E-state index < -0.39 is 0 Å². The van der Waals surface area contributed by atoms with Gasteiger partial charge in [-0.15, -0.1) is 0 Å². The quantitative estimate of drug-likeness (QED) is 0.883. The van der Waals surface area contributed by atoms with Crippen LogP contribution in [0.4, 0.5) is 4.39 Å². The number of hydrogen-bond donors (Lipinski definition) is 1. The fraction of sp³-hybridized carbons (Fsp3) is 0.625. The molecule has 106 valence electrons. The van der Waals surface area contributed by atoms with Crippen molar-refractivity contribution in [3.8, 4) is 0 Å². The van der Waals surface area contributed by atoms with Gasteiger partial charge in [0, 0.05) is 37.3 Å². The van der Waals surface area contributed by atoms with Crippen molar-refractivity contribution in [2.45, 2.75) is 46.3 Å². The monoisotopic (exact) mass is 264 g/mol. The molecule has 1 aliphatic rings. The fourth-order valence-corrected chi connectivity index (χ4v) is 2.86. The molecule has 1 aromatic rings. The minimum Gasteiger partial charge on any atom is -0.311 e. The highest BCUT2D eigenvalue weighted by Gasteiger charge is 2.34. The third-order valence-electron chi connectivity index (χ3n) is 3.94. The van der Waals surface area contributed by atoms with Crippen molar-refractivity contribution in [2.24, 2.45) is 5.41 Å². The third kappa shape index (κ3) is 3.54. The van der Waals surface area contributed by atoms with Crippen LogP contribution in [-0.4, -0.2) is 30.1 Å². The van der Waals surface area contributed by atoms with Gasteiger partial charge in [-0.05, 0) is 18.4 Å². The van der Waals surface area contributed by atoms with Crippen LogP contribution in [0.2, 0.25) is 0 Å². The maximum atomic E-state index is 13.8. The Bertz CT molecular complexity index is 425. The molecule has 1 fully saturated rings. The zero-order valence-electron chi connectivity index (χ0n) is 12.4. The number of piperazine rings is 1. The molecular weight excluding hydrogens is 239 g/mol. The van der Waals surface area contributed by atoms with E-state index in [1.807, 2.05) is 12.1 Å². The van der Waals surface area contributed by atoms with Crippen molar-refractivity contribution in [3.63, 3.8) is 0 Å². The van der Waals surface area contributed by atoms with Gasteiger partial charge in [0.1, 0.15) is 5.82 Å². The van der Waals surface area contributed by atoms with Crippen molar-refractivity contribution in [2.75, 3.05) is 13.1 Å². The Balaban J connectivity index is 2.17. The van der Waals surface area contributed by atoms with Gasteiger partial charge in [-0.1, -0.05) is 39.0 Å². The Kier molecular flexibility index (Phi) is 4.26.